The van der Waals surface area contributed by atoms with Crippen molar-refractivity contribution < 1.29 is 27.5 Å². The van der Waals surface area contributed by atoms with Crippen molar-refractivity contribution in [3.8, 4) is 0 Å². The maximum absolute atomic E-state index is 13.6. The number of esters is 1. The molecule has 1 heterocycles. The van der Waals surface area contributed by atoms with Gasteiger partial charge in [-0.1, -0.05) is 6.08 Å². The molecule has 26 heavy (non-hydrogen) atoms. The number of ether oxygens (including phenoxy) is 1. The average molecular weight is 385 g/mol. The Morgan fingerprint density at radius 1 is 1.35 bits per heavy atom. The fourth-order valence-electron chi connectivity index (χ4n) is 1.74. The van der Waals surface area contributed by atoms with Crippen LogP contribution in [-0.4, -0.2) is 29.5 Å². The highest BCUT2D eigenvalue weighted by molar-refractivity contribution is 7.13. The van der Waals surface area contributed by atoms with Crippen molar-refractivity contribution in [2.45, 2.75) is 13.0 Å². The number of nitrogens with zero attached hydrogens (tertiary/aromatic N) is 1. The molecule has 2 rings (SSSR count). The van der Waals surface area contributed by atoms with E-state index in [2.05, 4.69) is 16.9 Å². The van der Waals surface area contributed by atoms with Gasteiger partial charge in [0.25, 0.3) is 5.91 Å². The first kappa shape index (κ1) is 19.4. The summed E-state index contributed by atoms with van der Waals surface area (Å²) in [6, 6.07) is 1.52. The van der Waals surface area contributed by atoms with Crippen molar-refractivity contribution in [3.05, 3.63) is 53.3 Å². The summed E-state index contributed by atoms with van der Waals surface area (Å²) in [6.45, 7) is 5.24. The molecule has 0 saturated carbocycles. The molecule has 10 heteroatoms. The van der Waals surface area contributed by atoms with E-state index in [1.54, 1.807) is 6.08 Å². The minimum absolute atomic E-state index is 0.0137. The van der Waals surface area contributed by atoms with E-state index in [4.69, 9.17) is 4.74 Å². The number of hydrogen-bond donors (Lipinski definition) is 2. The average Bonchev–Trinajstić information content (AvgIpc) is 3.09. The predicted molar refractivity (Wildman–Crippen MR) is 90.6 cm³/mol. The molecule has 138 valence electrons. The summed E-state index contributed by atoms with van der Waals surface area (Å²) in [5.74, 6) is -6.42. The first-order valence-electron chi connectivity index (χ1n) is 7.29. The van der Waals surface area contributed by atoms with Crippen LogP contribution in [0.5, 0.6) is 0 Å². The zero-order chi connectivity index (χ0) is 19.3. The molecule has 1 aromatic carbocycles. The highest BCUT2D eigenvalue weighted by Gasteiger charge is 2.23. The van der Waals surface area contributed by atoms with Crippen molar-refractivity contribution in [1.29, 1.82) is 0 Å². The van der Waals surface area contributed by atoms with Crippen LogP contribution in [-0.2, 0) is 9.53 Å². The van der Waals surface area contributed by atoms with Gasteiger partial charge in [-0.25, -0.2) is 22.9 Å². The normalized spacial score (nSPS) is 11.5. The van der Waals surface area contributed by atoms with E-state index in [0.717, 1.165) is 17.4 Å². The van der Waals surface area contributed by atoms with Crippen LogP contribution >= 0.6 is 11.3 Å². The summed E-state index contributed by atoms with van der Waals surface area (Å²) in [7, 11) is 0. The summed E-state index contributed by atoms with van der Waals surface area (Å²) >= 11 is 1.16. The van der Waals surface area contributed by atoms with Gasteiger partial charge in [0, 0.05) is 11.9 Å². The van der Waals surface area contributed by atoms with E-state index in [1.807, 2.05) is 5.32 Å². The Bertz CT molecular complexity index is 841. The van der Waals surface area contributed by atoms with E-state index < -0.39 is 41.1 Å². The monoisotopic (exact) mass is 385 g/mol. The van der Waals surface area contributed by atoms with Crippen LogP contribution in [0.15, 0.2) is 30.2 Å². The second kappa shape index (κ2) is 8.48. The van der Waals surface area contributed by atoms with Gasteiger partial charge in [0.15, 0.2) is 34.4 Å². The maximum atomic E-state index is 13.6. The lowest BCUT2D eigenvalue weighted by Gasteiger charge is -2.13. The van der Waals surface area contributed by atoms with Crippen molar-refractivity contribution in [2.24, 2.45) is 0 Å². The van der Waals surface area contributed by atoms with Crippen LogP contribution < -0.4 is 10.6 Å². The van der Waals surface area contributed by atoms with E-state index in [9.17, 15) is 22.8 Å². The molecule has 2 aromatic rings. The largest absolute Gasteiger partial charge is 0.448 e. The summed E-state index contributed by atoms with van der Waals surface area (Å²) in [6.07, 6.45) is 0.296. The Morgan fingerprint density at radius 2 is 2.08 bits per heavy atom. The predicted octanol–water partition coefficient (Wildman–Crippen LogP) is 3.34. The highest BCUT2D eigenvalue weighted by atomic mass is 32.1. The molecule has 1 amide bonds. The Kier molecular flexibility index (Phi) is 6.34. The molecular weight excluding hydrogens is 371 g/mol. The van der Waals surface area contributed by atoms with Gasteiger partial charge >= 0.3 is 5.97 Å². The van der Waals surface area contributed by atoms with Gasteiger partial charge in [-0.05, 0) is 19.1 Å². The number of aromatic nitrogens is 1. The Morgan fingerprint density at radius 3 is 2.77 bits per heavy atom. The van der Waals surface area contributed by atoms with Crippen LogP contribution in [0.4, 0.5) is 24.0 Å². The lowest BCUT2D eigenvalue weighted by molar-refractivity contribution is -0.123. The standard InChI is InChI=1S/C16H14F3N3O3S/c1-3-6-20-16-22-11(7-26-16)15(24)25-8(2)14(23)21-10-5-4-9(17)12(18)13(10)19/h3-5,7-8H,1,6H2,2H3,(H,20,22)(H,21,23)/t8-/m1/s1. The number of carbonyl (C=O) groups is 2. The zero-order valence-electron chi connectivity index (χ0n) is 13.5. The van der Waals surface area contributed by atoms with E-state index in [-0.39, 0.29) is 5.69 Å². The summed E-state index contributed by atoms with van der Waals surface area (Å²) in [5.41, 5.74) is -0.582. The molecule has 2 N–H and O–H groups in total. The molecule has 6 nitrogen and oxygen atoms in total. The van der Waals surface area contributed by atoms with Crippen LogP contribution in [0.2, 0.25) is 0 Å². The fraction of sp³-hybridized carbons (Fsp3) is 0.188. The van der Waals surface area contributed by atoms with Gasteiger partial charge in [0.1, 0.15) is 0 Å². The van der Waals surface area contributed by atoms with Crippen LogP contribution in [0.25, 0.3) is 0 Å². The third kappa shape index (κ3) is 4.60. The number of amides is 1. The van der Waals surface area contributed by atoms with E-state index in [1.165, 1.54) is 12.3 Å². The number of nitrogens with one attached hydrogen (secondary N) is 2. The highest BCUT2D eigenvalue weighted by Crippen LogP contribution is 2.20. The van der Waals surface area contributed by atoms with Gasteiger partial charge in [-0.2, -0.15) is 0 Å². The molecule has 0 aliphatic rings. The molecular formula is C16H14F3N3O3S. The van der Waals surface area contributed by atoms with Gasteiger partial charge in [-0.3, -0.25) is 4.79 Å². The zero-order valence-corrected chi connectivity index (χ0v) is 14.3. The first-order chi connectivity index (χ1) is 12.3. The van der Waals surface area contributed by atoms with Crippen LogP contribution in [0.3, 0.4) is 0 Å². The molecule has 0 unspecified atom stereocenters. The third-order valence-electron chi connectivity index (χ3n) is 3.06. The third-order valence-corrected chi connectivity index (χ3v) is 3.86. The molecule has 0 aliphatic heterocycles. The molecule has 0 bridgehead atoms. The van der Waals surface area contributed by atoms with Crippen molar-refractivity contribution in [1.82, 2.24) is 4.98 Å². The molecule has 0 saturated heterocycles. The number of thiazole rings is 1. The lowest BCUT2D eigenvalue weighted by atomic mass is 10.2. The number of carbonyl (C=O) groups excluding carboxylic acids is 2. The van der Waals surface area contributed by atoms with Crippen molar-refractivity contribution >= 4 is 34.0 Å². The maximum Gasteiger partial charge on any atom is 0.358 e. The van der Waals surface area contributed by atoms with Crippen LogP contribution in [0, 0.1) is 17.5 Å². The quantitative estimate of drug-likeness (QED) is 0.434. The number of benzene rings is 1. The van der Waals surface area contributed by atoms with Gasteiger partial charge in [-0.15, -0.1) is 17.9 Å². The fourth-order valence-corrected chi connectivity index (χ4v) is 2.43. The number of anilines is 2. The van der Waals surface area contributed by atoms with Crippen molar-refractivity contribution in [3.63, 3.8) is 0 Å². The number of hydrogen-bond acceptors (Lipinski definition) is 6. The summed E-state index contributed by atoms with van der Waals surface area (Å²) in [4.78, 5) is 27.9. The number of halogens is 3. The molecule has 0 aliphatic carbocycles. The summed E-state index contributed by atoms with van der Waals surface area (Å²) in [5, 5.41) is 6.83. The van der Waals surface area contributed by atoms with Gasteiger partial charge in [0.2, 0.25) is 0 Å². The summed E-state index contributed by atoms with van der Waals surface area (Å²) < 4.78 is 44.5. The van der Waals surface area contributed by atoms with Gasteiger partial charge in [0.05, 0.1) is 5.69 Å². The molecule has 0 fully saturated rings. The SMILES string of the molecule is C=CCNc1nc(C(=O)O[C@H](C)C(=O)Nc2ccc(F)c(F)c2F)cs1. The Balaban J connectivity index is 1.98. The van der Waals surface area contributed by atoms with Gasteiger partial charge < -0.3 is 15.4 Å². The minimum atomic E-state index is -1.71. The molecule has 0 spiro atoms. The molecule has 0 radical (unpaired) electrons. The Hall–Kier alpha value is -2.88. The number of rotatable bonds is 7. The first-order valence-corrected chi connectivity index (χ1v) is 8.17. The van der Waals surface area contributed by atoms with Crippen molar-refractivity contribution in [2.75, 3.05) is 17.2 Å². The second-order valence-electron chi connectivity index (χ2n) is 4.97. The smallest absolute Gasteiger partial charge is 0.358 e. The van der Waals surface area contributed by atoms with E-state index in [0.29, 0.717) is 17.7 Å². The molecule has 1 aromatic heterocycles. The van der Waals surface area contributed by atoms with Crippen LogP contribution in [0.1, 0.15) is 17.4 Å². The topological polar surface area (TPSA) is 80.3 Å². The second-order valence-corrected chi connectivity index (χ2v) is 5.83. The van der Waals surface area contributed by atoms with E-state index >= 15 is 0 Å². The minimum Gasteiger partial charge on any atom is -0.448 e. The Labute approximate surface area is 150 Å². The lowest BCUT2D eigenvalue weighted by Crippen LogP contribution is -2.30. The molecule has 1 atom stereocenters.